The fourth-order valence-corrected chi connectivity index (χ4v) is 2.78. The Labute approximate surface area is 98.7 Å². The van der Waals surface area contributed by atoms with Crippen molar-refractivity contribution in [2.24, 2.45) is 0 Å². The second-order valence-electron chi connectivity index (χ2n) is 3.60. The van der Waals surface area contributed by atoms with Gasteiger partial charge >= 0.3 is 0 Å². The molecule has 0 fully saturated rings. The predicted octanol–water partition coefficient (Wildman–Crippen LogP) is 2.32. The zero-order valence-corrected chi connectivity index (χ0v) is 9.68. The first kappa shape index (κ1) is 11.2. The molecule has 84 valence electrons. The quantitative estimate of drug-likeness (QED) is 0.815. The van der Waals surface area contributed by atoms with Crippen molar-refractivity contribution in [2.75, 3.05) is 12.4 Å². The van der Waals surface area contributed by atoms with Crippen molar-refractivity contribution in [3.63, 3.8) is 0 Å². The highest BCUT2D eigenvalue weighted by atomic mass is 32.2. The van der Waals surface area contributed by atoms with Gasteiger partial charge in [-0.05, 0) is 30.2 Å². The molecule has 1 N–H and O–H groups in total. The fraction of sp³-hybridized carbons (Fsp3) is 0.333. The molecule has 0 aromatic heterocycles. The largest absolute Gasteiger partial charge is 0.484 e. The van der Waals surface area contributed by atoms with E-state index in [4.69, 9.17) is 10.1 Å². The molecular formula is C12H13NO2S. The fourth-order valence-electron chi connectivity index (χ4n) is 1.66. The molecule has 2 rings (SSSR count). The highest BCUT2D eigenvalue weighted by Crippen LogP contribution is 2.37. The number of benzene rings is 1. The molecule has 0 saturated heterocycles. The zero-order chi connectivity index (χ0) is 11.4. The van der Waals surface area contributed by atoms with Gasteiger partial charge in [0.1, 0.15) is 5.75 Å². The smallest absolute Gasteiger partial charge is 0.210 e. The molecule has 0 saturated carbocycles. The molecule has 1 aliphatic rings. The number of hydrogen-bond donors (Lipinski definition) is 1. The van der Waals surface area contributed by atoms with Crippen LogP contribution in [-0.4, -0.2) is 24.4 Å². The monoisotopic (exact) mass is 235 g/mol. The maximum atomic E-state index is 11.0. The third kappa shape index (κ3) is 2.44. The molecule has 1 aliphatic heterocycles. The van der Waals surface area contributed by atoms with E-state index in [-0.39, 0.29) is 12.4 Å². The summed E-state index contributed by atoms with van der Waals surface area (Å²) in [5, 5.41) is 6.80. The summed E-state index contributed by atoms with van der Waals surface area (Å²) in [7, 11) is 0. The minimum absolute atomic E-state index is 0.0412. The molecule has 0 amide bonds. The molecule has 1 aromatic rings. The van der Waals surface area contributed by atoms with Crippen molar-refractivity contribution in [3.8, 4) is 5.75 Å². The van der Waals surface area contributed by atoms with Crippen molar-refractivity contribution < 1.29 is 9.53 Å². The van der Waals surface area contributed by atoms with E-state index in [0.29, 0.717) is 0 Å². The topological polar surface area (TPSA) is 50.2 Å². The summed E-state index contributed by atoms with van der Waals surface area (Å²) in [5.74, 6) is 1.57. The van der Waals surface area contributed by atoms with Gasteiger partial charge in [0, 0.05) is 0 Å². The highest BCUT2D eigenvalue weighted by Gasteiger charge is 2.14. The van der Waals surface area contributed by atoms with Crippen LogP contribution >= 0.6 is 11.8 Å². The van der Waals surface area contributed by atoms with Crippen LogP contribution in [0.4, 0.5) is 0 Å². The van der Waals surface area contributed by atoms with E-state index < -0.39 is 0 Å². The molecule has 0 unspecified atom stereocenters. The SMILES string of the molecule is N=CC(=O)COc1cccc2c1SCCC2. The second-order valence-corrected chi connectivity index (χ2v) is 4.70. The first-order valence-corrected chi connectivity index (χ1v) is 6.20. The first-order chi connectivity index (χ1) is 7.81. The van der Waals surface area contributed by atoms with Gasteiger partial charge in [0.25, 0.3) is 0 Å². The lowest BCUT2D eigenvalue weighted by Crippen LogP contribution is -2.12. The van der Waals surface area contributed by atoms with Gasteiger partial charge in [-0.1, -0.05) is 12.1 Å². The molecule has 0 atom stereocenters. The summed E-state index contributed by atoms with van der Waals surface area (Å²) in [5.41, 5.74) is 1.30. The van der Waals surface area contributed by atoms with Crippen LogP contribution in [-0.2, 0) is 11.2 Å². The van der Waals surface area contributed by atoms with Crippen LogP contribution in [0.5, 0.6) is 5.75 Å². The Hall–Kier alpha value is -1.29. The average Bonchev–Trinajstić information content (AvgIpc) is 2.35. The number of nitrogens with one attached hydrogen (secondary N) is 1. The van der Waals surface area contributed by atoms with Crippen molar-refractivity contribution in [2.45, 2.75) is 17.7 Å². The summed E-state index contributed by atoms with van der Waals surface area (Å²) in [6.45, 7) is -0.0412. The number of carbonyl (C=O) groups is 1. The number of fused-ring (bicyclic) bond motifs is 1. The van der Waals surface area contributed by atoms with Crippen LogP contribution < -0.4 is 4.74 Å². The highest BCUT2D eigenvalue weighted by molar-refractivity contribution is 7.99. The molecule has 0 radical (unpaired) electrons. The van der Waals surface area contributed by atoms with Gasteiger partial charge in [-0.25, -0.2) is 0 Å². The van der Waals surface area contributed by atoms with Crippen LogP contribution in [0.15, 0.2) is 23.1 Å². The summed E-state index contributed by atoms with van der Waals surface area (Å²) in [6.07, 6.45) is 3.07. The molecule has 0 bridgehead atoms. The Bertz CT molecular complexity index is 417. The molecule has 0 aliphatic carbocycles. The van der Waals surface area contributed by atoms with Crippen LogP contribution in [0.3, 0.4) is 0 Å². The first-order valence-electron chi connectivity index (χ1n) is 5.22. The zero-order valence-electron chi connectivity index (χ0n) is 8.86. The van der Waals surface area contributed by atoms with E-state index in [9.17, 15) is 4.79 Å². The average molecular weight is 235 g/mol. The number of Topliss-reactive ketones (excluding diaryl/α,β-unsaturated/α-hetero) is 1. The number of ketones is 1. The van der Waals surface area contributed by atoms with Crippen LogP contribution in [0.2, 0.25) is 0 Å². The predicted molar refractivity (Wildman–Crippen MR) is 64.8 cm³/mol. The summed E-state index contributed by atoms with van der Waals surface area (Å²) in [4.78, 5) is 12.1. The maximum absolute atomic E-state index is 11.0. The van der Waals surface area contributed by atoms with Crippen LogP contribution in [0.25, 0.3) is 0 Å². The molecule has 1 heterocycles. The lowest BCUT2D eigenvalue weighted by molar-refractivity contribution is -0.114. The van der Waals surface area contributed by atoms with Gasteiger partial charge in [0.15, 0.2) is 6.61 Å². The molecule has 16 heavy (non-hydrogen) atoms. The third-order valence-corrected chi connectivity index (χ3v) is 3.67. The minimum atomic E-state index is -0.307. The Morgan fingerprint density at radius 2 is 2.44 bits per heavy atom. The number of rotatable bonds is 4. The molecule has 1 aromatic carbocycles. The Balaban J connectivity index is 2.14. The molecule has 4 heteroatoms. The van der Waals surface area contributed by atoms with Gasteiger partial charge in [-0.3, -0.25) is 4.79 Å². The normalized spacial score (nSPS) is 14.0. The van der Waals surface area contributed by atoms with Gasteiger partial charge in [0.2, 0.25) is 5.78 Å². The van der Waals surface area contributed by atoms with Crippen LogP contribution in [0, 0.1) is 5.41 Å². The summed E-state index contributed by atoms with van der Waals surface area (Å²) in [6, 6.07) is 5.94. The number of ether oxygens (including phenoxy) is 1. The van der Waals surface area contributed by atoms with Crippen molar-refractivity contribution >= 4 is 23.8 Å². The molecule has 3 nitrogen and oxygen atoms in total. The lowest BCUT2D eigenvalue weighted by Gasteiger charge is -2.18. The number of aryl methyl sites for hydroxylation is 1. The van der Waals surface area contributed by atoms with Crippen molar-refractivity contribution in [1.82, 2.24) is 0 Å². The number of carbonyl (C=O) groups excluding carboxylic acids is 1. The van der Waals surface area contributed by atoms with E-state index in [1.54, 1.807) is 11.8 Å². The van der Waals surface area contributed by atoms with Crippen LogP contribution in [0.1, 0.15) is 12.0 Å². The Morgan fingerprint density at radius 1 is 1.56 bits per heavy atom. The standard InChI is InChI=1S/C12H13NO2S/c13-7-10(14)8-15-11-5-1-3-9-4-2-6-16-12(9)11/h1,3,5,7,13H,2,4,6,8H2. The van der Waals surface area contributed by atoms with E-state index in [0.717, 1.165) is 29.0 Å². The second kappa shape index (κ2) is 5.16. The van der Waals surface area contributed by atoms with Crippen molar-refractivity contribution in [3.05, 3.63) is 23.8 Å². The number of thioether (sulfide) groups is 1. The van der Waals surface area contributed by atoms with Crippen molar-refractivity contribution in [1.29, 1.82) is 5.41 Å². The Kier molecular flexibility index (Phi) is 3.62. The van der Waals surface area contributed by atoms with E-state index >= 15 is 0 Å². The third-order valence-electron chi connectivity index (χ3n) is 2.43. The van der Waals surface area contributed by atoms with Gasteiger partial charge < -0.3 is 10.1 Å². The molecule has 0 spiro atoms. The van der Waals surface area contributed by atoms with Gasteiger partial charge in [-0.15, -0.1) is 11.8 Å². The van der Waals surface area contributed by atoms with E-state index in [2.05, 4.69) is 6.07 Å². The van der Waals surface area contributed by atoms with E-state index in [1.807, 2.05) is 12.1 Å². The lowest BCUT2D eigenvalue weighted by atomic mass is 10.1. The number of hydrogen-bond acceptors (Lipinski definition) is 4. The summed E-state index contributed by atoms with van der Waals surface area (Å²) < 4.78 is 5.44. The maximum Gasteiger partial charge on any atom is 0.210 e. The minimum Gasteiger partial charge on any atom is -0.484 e. The van der Waals surface area contributed by atoms with Gasteiger partial charge in [0.05, 0.1) is 11.1 Å². The van der Waals surface area contributed by atoms with Gasteiger partial charge in [-0.2, -0.15) is 0 Å². The summed E-state index contributed by atoms with van der Waals surface area (Å²) >= 11 is 1.78. The molecular weight excluding hydrogens is 222 g/mol. The Morgan fingerprint density at radius 3 is 3.25 bits per heavy atom. The van der Waals surface area contributed by atoms with E-state index in [1.165, 1.54) is 12.0 Å².